The first-order valence-corrected chi connectivity index (χ1v) is 10.3. The van der Waals surface area contributed by atoms with E-state index in [9.17, 15) is 9.59 Å². The third-order valence-corrected chi connectivity index (χ3v) is 6.18. The van der Waals surface area contributed by atoms with Gasteiger partial charge < -0.3 is 24.8 Å². The molecule has 0 saturated carbocycles. The Morgan fingerprint density at radius 2 is 1.86 bits per heavy atom. The molecule has 0 bridgehead atoms. The van der Waals surface area contributed by atoms with Gasteiger partial charge in [-0.1, -0.05) is 0 Å². The average Bonchev–Trinajstić information content (AvgIpc) is 3.11. The summed E-state index contributed by atoms with van der Waals surface area (Å²) in [4.78, 5) is 26.3. The maximum atomic E-state index is 12.8. The molecule has 0 fully saturated rings. The van der Waals surface area contributed by atoms with Crippen LogP contribution in [0, 0.1) is 0 Å². The zero-order valence-corrected chi connectivity index (χ0v) is 17.9. The predicted molar refractivity (Wildman–Crippen MR) is 114 cm³/mol. The molecule has 29 heavy (non-hydrogen) atoms. The van der Waals surface area contributed by atoms with Crippen molar-refractivity contribution < 1.29 is 23.8 Å². The van der Waals surface area contributed by atoms with Crippen molar-refractivity contribution in [3.8, 4) is 11.5 Å². The molecular weight excluding hydrogens is 392 g/mol. The van der Waals surface area contributed by atoms with Gasteiger partial charge in [-0.2, -0.15) is 0 Å². The van der Waals surface area contributed by atoms with Crippen molar-refractivity contribution in [3.05, 3.63) is 34.2 Å². The van der Waals surface area contributed by atoms with E-state index < -0.39 is 12.0 Å². The van der Waals surface area contributed by atoms with Crippen LogP contribution in [-0.4, -0.2) is 39.2 Å². The van der Waals surface area contributed by atoms with Crippen LogP contribution in [-0.2, 0) is 22.4 Å². The van der Waals surface area contributed by atoms with E-state index in [-0.39, 0.29) is 5.91 Å². The van der Waals surface area contributed by atoms with Crippen LogP contribution >= 0.6 is 11.3 Å². The third kappa shape index (κ3) is 4.48. The summed E-state index contributed by atoms with van der Waals surface area (Å²) in [6, 6.07) is 4.78. The van der Waals surface area contributed by atoms with Gasteiger partial charge in [0.05, 0.1) is 32.6 Å². The smallest absolute Gasteiger partial charge is 0.341 e. The summed E-state index contributed by atoms with van der Waals surface area (Å²) in [6.07, 6.45) is 3.90. The van der Waals surface area contributed by atoms with Gasteiger partial charge in [0.2, 0.25) is 5.91 Å². The number of nitrogens with one attached hydrogen (secondary N) is 2. The van der Waals surface area contributed by atoms with Crippen LogP contribution in [0.1, 0.15) is 40.6 Å². The Morgan fingerprint density at radius 3 is 2.55 bits per heavy atom. The van der Waals surface area contributed by atoms with E-state index in [0.717, 1.165) is 36.1 Å². The molecule has 2 aromatic rings. The number of rotatable bonds is 7. The van der Waals surface area contributed by atoms with Crippen LogP contribution in [0.25, 0.3) is 0 Å². The highest BCUT2D eigenvalue weighted by atomic mass is 32.1. The Labute approximate surface area is 174 Å². The molecule has 0 unspecified atom stereocenters. The molecule has 3 rings (SSSR count). The summed E-state index contributed by atoms with van der Waals surface area (Å²) in [5.74, 6) is 0.589. The number of methoxy groups -OCH3 is 3. The second kappa shape index (κ2) is 9.17. The topological polar surface area (TPSA) is 85.9 Å². The Hall–Kier alpha value is -2.74. The minimum Gasteiger partial charge on any atom is -0.497 e. The SMILES string of the molecule is COC(=O)c1c(NC(=O)[C@@H](C)Nc2ccc(OC)cc2OC)sc2c1CCCC2. The second-order valence-electron chi connectivity index (χ2n) is 6.83. The minimum atomic E-state index is -0.554. The molecule has 1 aliphatic carbocycles. The fourth-order valence-corrected chi connectivity index (χ4v) is 4.69. The fourth-order valence-electron chi connectivity index (χ4n) is 3.41. The van der Waals surface area contributed by atoms with Crippen molar-refractivity contribution in [2.45, 2.75) is 38.6 Å². The maximum Gasteiger partial charge on any atom is 0.341 e. The zero-order valence-electron chi connectivity index (χ0n) is 17.1. The van der Waals surface area contributed by atoms with Crippen LogP contribution in [0.5, 0.6) is 11.5 Å². The number of ether oxygens (including phenoxy) is 3. The highest BCUT2D eigenvalue weighted by molar-refractivity contribution is 7.17. The Morgan fingerprint density at radius 1 is 1.10 bits per heavy atom. The lowest BCUT2D eigenvalue weighted by Gasteiger charge is -2.18. The van der Waals surface area contributed by atoms with Crippen LogP contribution in [0.2, 0.25) is 0 Å². The molecule has 2 N–H and O–H groups in total. The largest absolute Gasteiger partial charge is 0.497 e. The average molecular weight is 419 g/mol. The first kappa shape index (κ1) is 21.0. The molecule has 1 heterocycles. The summed E-state index contributed by atoms with van der Waals surface area (Å²) in [6.45, 7) is 1.75. The lowest BCUT2D eigenvalue weighted by atomic mass is 9.95. The molecule has 0 radical (unpaired) electrons. The lowest BCUT2D eigenvalue weighted by Crippen LogP contribution is -2.32. The van der Waals surface area contributed by atoms with Gasteiger partial charge in [0.1, 0.15) is 22.5 Å². The molecule has 1 aliphatic rings. The number of carbonyl (C=O) groups excluding carboxylic acids is 2. The Bertz CT molecular complexity index is 909. The fraction of sp³-hybridized carbons (Fsp3) is 0.429. The van der Waals surface area contributed by atoms with Crippen molar-refractivity contribution in [3.63, 3.8) is 0 Å². The van der Waals surface area contributed by atoms with Crippen molar-refractivity contribution in [2.75, 3.05) is 32.0 Å². The van der Waals surface area contributed by atoms with E-state index in [4.69, 9.17) is 14.2 Å². The number of fused-ring (bicyclic) bond motifs is 1. The third-order valence-electron chi connectivity index (χ3n) is 4.97. The molecule has 156 valence electrons. The van der Waals surface area contributed by atoms with E-state index in [1.807, 2.05) is 0 Å². The quantitative estimate of drug-likeness (QED) is 0.664. The number of amides is 1. The number of hydrogen-bond donors (Lipinski definition) is 2. The van der Waals surface area contributed by atoms with Gasteiger partial charge in [-0.15, -0.1) is 11.3 Å². The van der Waals surface area contributed by atoms with Crippen LogP contribution < -0.4 is 20.1 Å². The summed E-state index contributed by atoms with van der Waals surface area (Å²) in [5, 5.41) is 6.63. The van der Waals surface area contributed by atoms with E-state index in [0.29, 0.717) is 27.8 Å². The number of hydrogen-bond acceptors (Lipinski definition) is 7. The van der Waals surface area contributed by atoms with Crippen molar-refractivity contribution in [1.82, 2.24) is 0 Å². The normalized spacial score (nSPS) is 13.8. The van der Waals surface area contributed by atoms with E-state index in [1.54, 1.807) is 39.3 Å². The van der Waals surface area contributed by atoms with E-state index >= 15 is 0 Å². The predicted octanol–water partition coefficient (Wildman–Crippen LogP) is 3.87. The molecule has 1 aromatic carbocycles. The summed E-state index contributed by atoms with van der Waals surface area (Å²) >= 11 is 1.47. The monoisotopic (exact) mass is 418 g/mol. The van der Waals surface area contributed by atoms with Crippen LogP contribution in [0.4, 0.5) is 10.7 Å². The second-order valence-corrected chi connectivity index (χ2v) is 7.93. The molecule has 0 saturated heterocycles. The van der Waals surface area contributed by atoms with Gasteiger partial charge in [0.15, 0.2) is 0 Å². The Balaban J connectivity index is 1.78. The number of benzene rings is 1. The molecule has 7 nitrogen and oxygen atoms in total. The highest BCUT2D eigenvalue weighted by Crippen LogP contribution is 2.38. The van der Waals surface area contributed by atoms with Crippen LogP contribution in [0.15, 0.2) is 18.2 Å². The minimum absolute atomic E-state index is 0.244. The summed E-state index contributed by atoms with van der Waals surface area (Å²) < 4.78 is 15.5. The Kier molecular flexibility index (Phi) is 6.64. The summed E-state index contributed by atoms with van der Waals surface area (Å²) in [5.41, 5.74) is 2.19. The molecule has 0 spiro atoms. The number of carbonyl (C=O) groups is 2. The van der Waals surface area contributed by atoms with Gasteiger partial charge in [-0.25, -0.2) is 4.79 Å². The molecule has 1 aromatic heterocycles. The van der Waals surface area contributed by atoms with E-state index in [1.165, 1.54) is 18.4 Å². The van der Waals surface area contributed by atoms with Crippen LogP contribution in [0.3, 0.4) is 0 Å². The van der Waals surface area contributed by atoms with Gasteiger partial charge in [-0.05, 0) is 50.3 Å². The number of aryl methyl sites for hydroxylation is 1. The lowest BCUT2D eigenvalue weighted by molar-refractivity contribution is -0.116. The number of anilines is 2. The molecule has 1 atom stereocenters. The first-order valence-electron chi connectivity index (χ1n) is 9.50. The van der Waals surface area contributed by atoms with Gasteiger partial charge in [0, 0.05) is 10.9 Å². The summed E-state index contributed by atoms with van der Waals surface area (Å²) in [7, 11) is 4.50. The molecule has 1 amide bonds. The highest BCUT2D eigenvalue weighted by Gasteiger charge is 2.28. The first-order chi connectivity index (χ1) is 14.0. The van der Waals surface area contributed by atoms with Gasteiger partial charge in [-0.3, -0.25) is 4.79 Å². The standard InChI is InChI=1S/C21H26N2O5S/c1-12(22-15-10-9-13(26-2)11-16(15)27-3)19(24)23-20-18(21(25)28-4)14-7-5-6-8-17(14)29-20/h9-12,22H,5-8H2,1-4H3,(H,23,24)/t12-/m1/s1. The van der Waals surface area contributed by atoms with Gasteiger partial charge >= 0.3 is 5.97 Å². The van der Waals surface area contributed by atoms with Crippen molar-refractivity contribution in [1.29, 1.82) is 0 Å². The maximum absolute atomic E-state index is 12.8. The van der Waals surface area contributed by atoms with Crippen molar-refractivity contribution in [2.24, 2.45) is 0 Å². The molecular formula is C21H26N2O5S. The number of thiophene rings is 1. The zero-order chi connectivity index (χ0) is 21.0. The molecule has 0 aliphatic heterocycles. The molecule has 8 heteroatoms. The van der Waals surface area contributed by atoms with Crippen molar-refractivity contribution >= 4 is 33.9 Å². The van der Waals surface area contributed by atoms with Gasteiger partial charge in [0.25, 0.3) is 0 Å². The number of esters is 1. The van der Waals surface area contributed by atoms with E-state index in [2.05, 4.69) is 10.6 Å².